The summed E-state index contributed by atoms with van der Waals surface area (Å²) in [6.07, 6.45) is 0. The number of carbonyl (C=O) groups is 3. The van der Waals surface area contributed by atoms with Crippen LogP contribution in [0.2, 0.25) is 0 Å². The Hall–Kier alpha value is -2.95. The smallest absolute Gasteiger partial charge is 0.355 e. The molecule has 0 bridgehead atoms. The molecule has 1 fully saturated rings. The molecule has 0 radical (unpaired) electrons. The van der Waals surface area contributed by atoms with Gasteiger partial charge >= 0.3 is 11.9 Å². The van der Waals surface area contributed by atoms with Crippen LogP contribution in [0.4, 0.5) is 5.69 Å². The molecule has 1 aromatic carbocycles. The second-order valence-electron chi connectivity index (χ2n) is 6.96. The molecular formula is C20H26N4O6. The molecule has 1 aromatic rings. The Bertz CT molecular complexity index is 847. The van der Waals surface area contributed by atoms with Crippen molar-refractivity contribution in [1.29, 1.82) is 0 Å². The second-order valence-corrected chi connectivity index (χ2v) is 6.96. The van der Waals surface area contributed by atoms with Crippen LogP contribution in [-0.4, -0.2) is 88.5 Å². The van der Waals surface area contributed by atoms with E-state index in [2.05, 4.69) is 10.3 Å². The standard InChI is InChI=1S/C20H26N4O6/c1-22-8-10-23(11-9-22)21-18(25)14-6-4-5-7-16(14)24-13-30-12-15(19(26)28-2)17(24)20(27)29-3/h4-7H,8-13H2,1-3H3,(H,21,25). The summed E-state index contributed by atoms with van der Waals surface area (Å²) in [6, 6.07) is 6.81. The zero-order chi connectivity index (χ0) is 21.7. The second kappa shape index (κ2) is 9.70. The molecule has 162 valence electrons. The number of para-hydroxylation sites is 1. The quantitative estimate of drug-likeness (QED) is 0.661. The van der Waals surface area contributed by atoms with Crippen molar-refractivity contribution in [2.75, 3.05) is 65.7 Å². The van der Waals surface area contributed by atoms with Gasteiger partial charge < -0.3 is 24.0 Å². The Morgan fingerprint density at radius 2 is 1.67 bits per heavy atom. The zero-order valence-corrected chi connectivity index (χ0v) is 17.3. The lowest BCUT2D eigenvalue weighted by Crippen LogP contribution is -2.52. The summed E-state index contributed by atoms with van der Waals surface area (Å²) in [5.41, 5.74) is 3.71. The molecule has 30 heavy (non-hydrogen) atoms. The zero-order valence-electron chi connectivity index (χ0n) is 17.3. The highest BCUT2D eigenvalue weighted by atomic mass is 16.5. The molecule has 3 rings (SSSR count). The highest BCUT2D eigenvalue weighted by Crippen LogP contribution is 2.29. The number of benzene rings is 1. The number of hydrogen-bond donors (Lipinski definition) is 1. The van der Waals surface area contributed by atoms with Crippen LogP contribution in [0.1, 0.15) is 10.4 Å². The highest BCUT2D eigenvalue weighted by molar-refractivity contribution is 6.06. The number of nitrogens with zero attached hydrogens (tertiary/aromatic N) is 3. The largest absolute Gasteiger partial charge is 0.466 e. The third kappa shape index (κ3) is 4.61. The van der Waals surface area contributed by atoms with Crippen LogP contribution >= 0.6 is 0 Å². The Labute approximate surface area is 174 Å². The van der Waals surface area contributed by atoms with Crippen molar-refractivity contribution in [3.05, 3.63) is 41.1 Å². The van der Waals surface area contributed by atoms with E-state index in [0.717, 1.165) is 13.1 Å². The van der Waals surface area contributed by atoms with E-state index in [1.807, 2.05) is 12.1 Å². The van der Waals surface area contributed by atoms with Crippen molar-refractivity contribution < 1.29 is 28.6 Å². The molecule has 1 amide bonds. The van der Waals surface area contributed by atoms with Crippen molar-refractivity contribution in [3.63, 3.8) is 0 Å². The summed E-state index contributed by atoms with van der Waals surface area (Å²) in [6.45, 7) is 2.99. The molecule has 1 N–H and O–H groups in total. The van der Waals surface area contributed by atoms with Gasteiger partial charge in [0.05, 0.1) is 37.7 Å². The lowest BCUT2D eigenvalue weighted by atomic mass is 10.1. The van der Waals surface area contributed by atoms with Gasteiger partial charge in [-0.1, -0.05) is 12.1 Å². The van der Waals surface area contributed by atoms with Crippen molar-refractivity contribution in [1.82, 2.24) is 15.3 Å². The van der Waals surface area contributed by atoms with E-state index in [0.29, 0.717) is 24.3 Å². The Kier molecular flexibility index (Phi) is 7.03. The minimum Gasteiger partial charge on any atom is -0.466 e. The van der Waals surface area contributed by atoms with Crippen molar-refractivity contribution >= 4 is 23.5 Å². The Balaban J connectivity index is 1.94. The monoisotopic (exact) mass is 418 g/mol. The van der Waals surface area contributed by atoms with Gasteiger partial charge in [0.1, 0.15) is 12.4 Å². The van der Waals surface area contributed by atoms with Gasteiger partial charge in [0.25, 0.3) is 5.91 Å². The molecule has 10 heteroatoms. The highest BCUT2D eigenvalue weighted by Gasteiger charge is 2.34. The lowest BCUT2D eigenvalue weighted by molar-refractivity contribution is -0.140. The average molecular weight is 418 g/mol. The fourth-order valence-corrected chi connectivity index (χ4v) is 3.36. The van der Waals surface area contributed by atoms with Crippen LogP contribution in [0.15, 0.2) is 35.5 Å². The van der Waals surface area contributed by atoms with Crippen LogP contribution in [0.5, 0.6) is 0 Å². The van der Waals surface area contributed by atoms with E-state index in [1.54, 1.807) is 24.3 Å². The Morgan fingerprint density at radius 3 is 2.33 bits per heavy atom. The molecule has 2 aliphatic rings. The normalized spacial score (nSPS) is 18.2. The average Bonchev–Trinajstić information content (AvgIpc) is 2.79. The number of likely N-dealkylation sites (N-methyl/N-ethyl adjacent to an activating group) is 1. The summed E-state index contributed by atoms with van der Waals surface area (Å²) < 4.78 is 15.2. The fraction of sp³-hybridized carbons (Fsp3) is 0.450. The fourth-order valence-electron chi connectivity index (χ4n) is 3.36. The summed E-state index contributed by atoms with van der Waals surface area (Å²) in [5.74, 6) is -1.72. The summed E-state index contributed by atoms with van der Waals surface area (Å²) in [5, 5.41) is 1.86. The van der Waals surface area contributed by atoms with Crippen molar-refractivity contribution in [2.45, 2.75) is 0 Å². The Morgan fingerprint density at radius 1 is 1.00 bits per heavy atom. The molecule has 0 atom stereocenters. The number of hydrazine groups is 1. The van der Waals surface area contributed by atoms with E-state index in [4.69, 9.17) is 14.2 Å². The number of methoxy groups -OCH3 is 2. The van der Waals surface area contributed by atoms with Crippen LogP contribution in [-0.2, 0) is 23.8 Å². The molecule has 0 aliphatic carbocycles. The molecule has 0 spiro atoms. The third-order valence-electron chi connectivity index (χ3n) is 5.04. The van der Waals surface area contributed by atoms with E-state index in [9.17, 15) is 14.4 Å². The van der Waals surface area contributed by atoms with Crippen LogP contribution < -0.4 is 10.3 Å². The lowest BCUT2D eigenvalue weighted by Gasteiger charge is -2.34. The number of piperazine rings is 1. The van der Waals surface area contributed by atoms with Gasteiger partial charge in [-0.15, -0.1) is 0 Å². The molecule has 0 unspecified atom stereocenters. The maximum atomic E-state index is 13.0. The number of carbonyl (C=O) groups excluding carboxylic acids is 3. The van der Waals surface area contributed by atoms with Gasteiger partial charge in [-0.2, -0.15) is 0 Å². The number of anilines is 1. The van der Waals surface area contributed by atoms with Crippen LogP contribution in [0.3, 0.4) is 0 Å². The number of rotatable bonds is 5. The van der Waals surface area contributed by atoms with Crippen molar-refractivity contribution in [3.8, 4) is 0 Å². The summed E-state index contributed by atoms with van der Waals surface area (Å²) in [4.78, 5) is 41.4. The molecular weight excluding hydrogens is 392 g/mol. The number of esters is 2. The minimum absolute atomic E-state index is 0.00422. The number of ether oxygens (including phenoxy) is 3. The molecule has 1 saturated heterocycles. The first-order chi connectivity index (χ1) is 14.5. The van der Waals surface area contributed by atoms with Crippen LogP contribution in [0, 0.1) is 0 Å². The maximum Gasteiger partial charge on any atom is 0.355 e. The third-order valence-corrected chi connectivity index (χ3v) is 5.04. The SMILES string of the molecule is COC(=O)C1=C(C(=O)OC)N(c2ccccc2C(=O)NN2CCN(C)CC2)COC1. The van der Waals surface area contributed by atoms with Crippen molar-refractivity contribution in [2.24, 2.45) is 0 Å². The first-order valence-electron chi connectivity index (χ1n) is 9.54. The predicted molar refractivity (Wildman–Crippen MR) is 107 cm³/mol. The first kappa shape index (κ1) is 21.8. The maximum absolute atomic E-state index is 13.0. The van der Waals surface area contributed by atoms with Gasteiger partial charge in [-0.3, -0.25) is 10.2 Å². The van der Waals surface area contributed by atoms with E-state index in [-0.39, 0.29) is 30.5 Å². The van der Waals surface area contributed by atoms with Gasteiger partial charge in [0, 0.05) is 26.2 Å². The number of nitrogens with one attached hydrogen (secondary N) is 1. The summed E-state index contributed by atoms with van der Waals surface area (Å²) >= 11 is 0. The van der Waals surface area contributed by atoms with Gasteiger partial charge in [0.15, 0.2) is 0 Å². The minimum atomic E-state index is -0.715. The molecule has 2 aliphatic heterocycles. The van der Waals surface area contributed by atoms with Gasteiger partial charge in [-0.25, -0.2) is 14.6 Å². The predicted octanol–water partition coefficient (Wildman–Crippen LogP) is -0.0270. The van der Waals surface area contributed by atoms with Gasteiger partial charge in [-0.05, 0) is 19.2 Å². The van der Waals surface area contributed by atoms with E-state index < -0.39 is 11.9 Å². The van der Waals surface area contributed by atoms with E-state index in [1.165, 1.54) is 19.1 Å². The summed E-state index contributed by atoms with van der Waals surface area (Å²) in [7, 11) is 4.48. The van der Waals surface area contributed by atoms with E-state index >= 15 is 0 Å². The molecule has 0 saturated carbocycles. The number of amides is 1. The molecule has 10 nitrogen and oxygen atoms in total. The molecule has 0 aromatic heterocycles. The first-order valence-corrected chi connectivity index (χ1v) is 9.54. The van der Waals surface area contributed by atoms with Gasteiger partial charge in [0.2, 0.25) is 0 Å². The van der Waals surface area contributed by atoms with Crippen LogP contribution in [0.25, 0.3) is 0 Å². The topological polar surface area (TPSA) is 101 Å². The molecule has 2 heterocycles. The number of hydrogen-bond acceptors (Lipinski definition) is 9.